The number of nitrogens with zero attached hydrogens (tertiary/aromatic N) is 2. The van der Waals surface area contributed by atoms with Crippen molar-refractivity contribution in [3.63, 3.8) is 0 Å². The largest absolute Gasteiger partial charge is 0.331 e. The molecule has 0 unspecified atom stereocenters. The second-order valence-corrected chi connectivity index (χ2v) is 4.06. The van der Waals surface area contributed by atoms with Crippen LogP contribution in [0.15, 0.2) is 36.9 Å². The maximum absolute atomic E-state index is 12.0. The smallest absolute Gasteiger partial charge is 0.307 e. The third kappa shape index (κ3) is 2.42. The van der Waals surface area contributed by atoms with Gasteiger partial charge in [-0.05, 0) is 24.0 Å². The number of benzene rings is 1. The van der Waals surface area contributed by atoms with E-state index in [1.807, 2.05) is 18.2 Å². The number of hydrogen-bond donors (Lipinski definition) is 1. The van der Waals surface area contributed by atoms with Crippen molar-refractivity contribution in [1.82, 2.24) is 9.55 Å². The molecular formula is C14H17N3O. The van der Waals surface area contributed by atoms with E-state index in [1.165, 1.54) is 10.9 Å². The maximum Gasteiger partial charge on any atom is 0.331 e. The summed E-state index contributed by atoms with van der Waals surface area (Å²) in [5.41, 5.74) is 3.24. The molecule has 0 saturated heterocycles. The van der Waals surface area contributed by atoms with Crippen LogP contribution in [0.3, 0.4) is 0 Å². The average molecular weight is 243 g/mol. The first-order valence-corrected chi connectivity index (χ1v) is 6.16. The molecule has 4 heteroatoms. The van der Waals surface area contributed by atoms with Gasteiger partial charge in [0.25, 0.3) is 0 Å². The summed E-state index contributed by atoms with van der Waals surface area (Å²) in [6, 6.07) is 5.94. The van der Waals surface area contributed by atoms with Gasteiger partial charge in [0.05, 0.1) is 0 Å². The number of carbonyl (C=O) groups excluding carboxylic acids is 1. The number of nitrogens with one attached hydrogen (secondary N) is 1. The molecule has 0 bridgehead atoms. The molecule has 0 aliphatic rings. The Morgan fingerprint density at radius 2 is 1.94 bits per heavy atom. The van der Waals surface area contributed by atoms with Crippen molar-refractivity contribution in [2.24, 2.45) is 0 Å². The van der Waals surface area contributed by atoms with E-state index in [4.69, 9.17) is 0 Å². The van der Waals surface area contributed by atoms with E-state index in [2.05, 4.69) is 24.1 Å². The summed E-state index contributed by atoms with van der Waals surface area (Å²) in [5.74, 6) is 0. The minimum absolute atomic E-state index is 0.178. The summed E-state index contributed by atoms with van der Waals surface area (Å²) >= 11 is 0. The Hall–Kier alpha value is -2.10. The van der Waals surface area contributed by atoms with E-state index < -0.39 is 0 Å². The molecule has 0 radical (unpaired) electrons. The fraction of sp³-hybridized carbons (Fsp3) is 0.286. The molecule has 1 aromatic heterocycles. The Kier molecular flexibility index (Phi) is 3.77. The highest BCUT2D eigenvalue weighted by Crippen LogP contribution is 2.22. The zero-order valence-electron chi connectivity index (χ0n) is 10.7. The molecule has 0 saturated carbocycles. The van der Waals surface area contributed by atoms with Crippen LogP contribution in [0.4, 0.5) is 10.5 Å². The number of amides is 1. The fourth-order valence-electron chi connectivity index (χ4n) is 1.95. The first-order valence-electron chi connectivity index (χ1n) is 6.16. The van der Waals surface area contributed by atoms with Gasteiger partial charge in [-0.15, -0.1) is 0 Å². The lowest BCUT2D eigenvalue weighted by Gasteiger charge is -2.14. The van der Waals surface area contributed by atoms with Crippen LogP contribution in [0.25, 0.3) is 0 Å². The minimum atomic E-state index is -0.178. The summed E-state index contributed by atoms with van der Waals surface area (Å²) in [4.78, 5) is 15.9. The second kappa shape index (κ2) is 5.49. The Labute approximate surface area is 107 Å². The lowest BCUT2D eigenvalue weighted by Crippen LogP contribution is -2.19. The topological polar surface area (TPSA) is 46.9 Å². The van der Waals surface area contributed by atoms with Crippen LogP contribution in [0.1, 0.15) is 25.0 Å². The van der Waals surface area contributed by atoms with Crippen LogP contribution in [0, 0.1) is 0 Å². The van der Waals surface area contributed by atoms with Gasteiger partial charge in [-0.3, -0.25) is 4.57 Å². The van der Waals surface area contributed by atoms with E-state index in [9.17, 15) is 4.79 Å². The van der Waals surface area contributed by atoms with Crippen LogP contribution >= 0.6 is 0 Å². The second-order valence-electron chi connectivity index (χ2n) is 4.06. The van der Waals surface area contributed by atoms with Crippen molar-refractivity contribution in [2.45, 2.75) is 26.7 Å². The standard InChI is InChI=1S/C14H17N3O/c1-3-11-6-5-7-12(4-2)13(11)16-14(18)17-9-8-15-10-17/h5-10H,3-4H2,1-2H3,(H,16,18). The van der Waals surface area contributed by atoms with Crippen molar-refractivity contribution in [1.29, 1.82) is 0 Å². The minimum Gasteiger partial charge on any atom is -0.307 e. The summed E-state index contributed by atoms with van der Waals surface area (Å²) in [5, 5.41) is 2.97. The molecule has 0 atom stereocenters. The van der Waals surface area contributed by atoms with Crippen molar-refractivity contribution in [3.05, 3.63) is 48.0 Å². The van der Waals surface area contributed by atoms with Crippen LogP contribution in [-0.2, 0) is 12.8 Å². The first-order chi connectivity index (χ1) is 8.76. The molecule has 0 fully saturated rings. The van der Waals surface area contributed by atoms with E-state index >= 15 is 0 Å². The third-order valence-electron chi connectivity index (χ3n) is 2.97. The molecule has 4 nitrogen and oxygen atoms in total. The van der Waals surface area contributed by atoms with Gasteiger partial charge in [-0.1, -0.05) is 32.0 Å². The number of rotatable bonds is 3. The van der Waals surface area contributed by atoms with Crippen molar-refractivity contribution in [2.75, 3.05) is 5.32 Å². The SMILES string of the molecule is CCc1cccc(CC)c1NC(=O)n1ccnc1. The normalized spacial score (nSPS) is 10.3. The highest BCUT2D eigenvalue weighted by molar-refractivity contribution is 5.92. The molecule has 1 amide bonds. The van der Waals surface area contributed by atoms with E-state index in [-0.39, 0.29) is 6.03 Å². The number of aryl methyl sites for hydroxylation is 2. The Bertz CT molecular complexity index is 510. The molecule has 1 heterocycles. The van der Waals surface area contributed by atoms with Crippen LogP contribution < -0.4 is 5.32 Å². The molecule has 1 N–H and O–H groups in total. The van der Waals surface area contributed by atoms with Crippen molar-refractivity contribution in [3.8, 4) is 0 Å². The number of carbonyl (C=O) groups is 1. The molecule has 0 aliphatic heterocycles. The zero-order chi connectivity index (χ0) is 13.0. The number of aromatic nitrogens is 2. The molecule has 0 aliphatic carbocycles. The zero-order valence-corrected chi connectivity index (χ0v) is 10.7. The summed E-state index contributed by atoms with van der Waals surface area (Å²) < 4.78 is 1.44. The molecule has 2 rings (SSSR count). The monoisotopic (exact) mass is 243 g/mol. The molecule has 2 aromatic rings. The Morgan fingerprint density at radius 3 is 2.44 bits per heavy atom. The predicted molar refractivity (Wildman–Crippen MR) is 71.8 cm³/mol. The summed E-state index contributed by atoms with van der Waals surface area (Å²) in [6.45, 7) is 4.17. The summed E-state index contributed by atoms with van der Waals surface area (Å²) in [7, 11) is 0. The van der Waals surface area contributed by atoms with Crippen molar-refractivity contribution < 1.29 is 4.79 Å². The predicted octanol–water partition coefficient (Wildman–Crippen LogP) is 3.09. The van der Waals surface area contributed by atoms with Crippen LogP contribution in [0.5, 0.6) is 0 Å². The van der Waals surface area contributed by atoms with Gasteiger partial charge in [0.2, 0.25) is 0 Å². The Balaban J connectivity index is 2.30. The molecule has 0 spiro atoms. The van der Waals surface area contributed by atoms with Gasteiger partial charge in [0.1, 0.15) is 6.33 Å². The van der Waals surface area contributed by atoms with Gasteiger partial charge in [0.15, 0.2) is 0 Å². The number of hydrogen-bond acceptors (Lipinski definition) is 2. The van der Waals surface area contributed by atoms with Crippen LogP contribution in [-0.4, -0.2) is 15.6 Å². The first kappa shape index (κ1) is 12.4. The quantitative estimate of drug-likeness (QED) is 0.900. The highest BCUT2D eigenvalue weighted by atomic mass is 16.2. The lowest BCUT2D eigenvalue weighted by atomic mass is 10.0. The number of anilines is 1. The molecule has 1 aromatic carbocycles. The van der Waals surface area contributed by atoms with Crippen LogP contribution in [0.2, 0.25) is 0 Å². The van der Waals surface area contributed by atoms with Gasteiger partial charge >= 0.3 is 6.03 Å². The van der Waals surface area contributed by atoms with Gasteiger partial charge in [-0.25, -0.2) is 9.78 Å². The molecular weight excluding hydrogens is 226 g/mol. The van der Waals surface area contributed by atoms with E-state index in [0.29, 0.717) is 0 Å². The lowest BCUT2D eigenvalue weighted by molar-refractivity contribution is 0.253. The van der Waals surface area contributed by atoms with Crippen molar-refractivity contribution >= 4 is 11.7 Å². The molecule has 18 heavy (non-hydrogen) atoms. The number of para-hydroxylation sites is 1. The van der Waals surface area contributed by atoms with Gasteiger partial charge in [0, 0.05) is 18.1 Å². The van der Waals surface area contributed by atoms with Gasteiger partial charge in [-0.2, -0.15) is 0 Å². The fourth-order valence-corrected chi connectivity index (χ4v) is 1.95. The molecule has 94 valence electrons. The average Bonchev–Trinajstić information content (AvgIpc) is 2.93. The maximum atomic E-state index is 12.0. The van der Waals surface area contributed by atoms with Gasteiger partial charge < -0.3 is 5.32 Å². The Morgan fingerprint density at radius 1 is 1.28 bits per heavy atom. The highest BCUT2D eigenvalue weighted by Gasteiger charge is 2.10. The summed E-state index contributed by atoms with van der Waals surface area (Å²) in [6.07, 6.45) is 6.51. The number of imidazole rings is 1. The third-order valence-corrected chi connectivity index (χ3v) is 2.97. The van der Waals surface area contributed by atoms with E-state index in [0.717, 1.165) is 29.7 Å². The van der Waals surface area contributed by atoms with E-state index in [1.54, 1.807) is 12.4 Å².